The molecule has 0 radical (unpaired) electrons. The fraction of sp³-hybridized carbons (Fsp3) is 1.00. The van der Waals surface area contributed by atoms with Crippen molar-refractivity contribution in [1.29, 1.82) is 0 Å². The van der Waals surface area contributed by atoms with E-state index in [1.807, 2.05) is 6.92 Å². The molecular weight excluding hydrogens is 240 g/mol. The topological polar surface area (TPSA) is 92.3 Å². The lowest BCUT2D eigenvalue weighted by molar-refractivity contribution is 0.575. The quantitative estimate of drug-likeness (QED) is 0.540. The van der Waals surface area contributed by atoms with Crippen molar-refractivity contribution in [1.82, 2.24) is 10.0 Å². The summed E-state index contributed by atoms with van der Waals surface area (Å²) < 4.78 is 46.1. The molecule has 0 saturated carbocycles. The highest BCUT2D eigenvalue weighted by Gasteiger charge is 2.16. The van der Waals surface area contributed by atoms with Crippen molar-refractivity contribution < 1.29 is 16.8 Å². The number of hydrogen-bond acceptors (Lipinski definition) is 5. The van der Waals surface area contributed by atoms with Crippen molar-refractivity contribution >= 4 is 19.9 Å². The molecule has 0 aromatic rings. The summed E-state index contributed by atoms with van der Waals surface area (Å²) in [6.45, 7) is 3.74. The fourth-order valence-electron chi connectivity index (χ4n) is 0.941. The molecule has 2 N–H and O–H groups in total. The van der Waals surface area contributed by atoms with Crippen LogP contribution in [0, 0.1) is 0 Å². The monoisotopic (exact) mass is 258 g/mol. The van der Waals surface area contributed by atoms with E-state index < -0.39 is 24.9 Å². The third-order valence-electron chi connectivity index (χ3n) is 1.47. The number of rotatable bonds is 8. The first-order valence-corrected chi connectivity index (χ1v) is 8.34. The molecule has 0 atom stereocenters. The number of nitrogens with one attached hydrogen (secondary N) is 2. The molecule has 0 aliphatic carbocycles. The normalized spacial score (nSPS) is 12.9. The van der Waals surface area contributed by atoms with Crippen LogP contribution in [0.15, 0.2) is 0 Å². The first kappa shape index (κ1) is 14.8. The summed E-state index contributed by atoms with van der Waals surface area (Å²) in [5, 5.41) is 2.18. The van der Waals surface area contributed by atoms with Crippen LogP contribution in [0.4, 0.5) is 0 Å². The summed E-state index contributed by atoms with van der Waals surface area (Å²) in [5.74, 6) is 0. The predicted molar refractivity (Wildman–Crippen MR) is 59.8 cm³/mol. The van der Waals surface area contributed by atoms with Gasteiger partial charge in [0, 0.05) is 12.8 Å². The Hall–Kier alpha value is -0.180. The van der Waals surface area contributed by atoms with E-state index >= 15 is 0 Å². The first-order chi connectivity index (χ1) is 6.77. The van der Waals surface area contributed by atoms with Crippen LogP contribution in [0.5, 0.6) is 0 Å². The number of sulfonamides is 1. The predicted octanol–water partition coefficient (Wildman–Crippen LogP) is -1.09. The second kappa shape index (κ2) is 6.41. The lowest BCUT2D eigenvalue weighted by Gasteiger charge is -2.05. The van der Waals surface area contributed by atoms with Gasteiger partial charge in [0.15, 0.2) is 14.9 Å². The van der Waals surface area contributed by atoms with Crippen molar-refractivity contribution in [2.24, 2.45) is 0 Å². The summed E-state index contributed by atoms with van der Waals surface area (Å²) in [5.41, 5.74) is 0. The standard InChI is InChI=1S/C7H18N2O4S2/c1-3-8-5-4-6-9-15(12,13)7-14(2,10)11/h8-9H,3-7H2,1-2H3. The van der Waals surface area contributed by atoms with Gasteiger partial charge in [0.2, 0.25) is 10.0 Å². The zero-order valence-electron chi connectivity index (χ0n) is 8.99. The smallest absolute Gasteiger partial charge is 0.226 e. The molecule has 15 heavy (non-hydrogen) atoms. The second-order valence-electron chi connectivity index (χ2n) is 3.26. The minimum Gasteiger partial charge on any atom is -0.317 e. The Morgan fingerprint density at radius 2 is 1.67 bits per heavy atom. The van der Waals surface area contributed by atoms with Gasteiger partial charge in [0.25, 0.3) is 0 Å². The summed E-state index contributed by atoms with van der Waals surface area (Å²) in [6, 6.07) is 0. The van der Waals surface area contributed by atoms with Crippen molar-refractivity contribution in [2.75, 3.05) is 31.0 Å². The Labute approximate surface area is 91.4 Å². The molecule has 0 fully saturated rings. The highest BCUT2D eigenvalue weighted by Crippen LogP contribution is 1.91. The molecule has 8 heteroatoms. The average Bonchev–Trinajstić information content (AvgIpc) is 1.99. The Morgan fingerprint density at radius 1 is 1.07 bits per heavy atom. The van der Waals surface area contributed by atoms with Crippen LogP contribution in [0.2, 0.25) is 0 Å². The zero-order chi connectivity index (χ0) is 11.9. The van der Waals surface area contributed by atoms with Crippen LogP contribution in [0.1, 0.15) is 13.3 Å². The number of sulfone groups is 1. The lowest BCUT2D eigenvalue weighted by atomic mass is 10.4. The van der Waals surface area contributed by atoms with Crippen LogP contribution >= 0.6 is 0 Å². The molecule has 0 aromatic carbocycles. The maximum Gasteiger partial charge on any atom is 0.226 e. The molecule has 92 valence electrons. The maximum absolute atomic E-state index is 11.2. The van der Waals surface area contributed by atoms with E-state index in [1.165, 1.54) is 0 Å². The van der Waals surface area contributed by atoms with E-state index in [0.29, 0.717) is 13.0 Å². The molecule has 0 aromatic heterocycles. The van der Waals surface area contributed by atoms with Gasteiger partial charge in [-0.05, 0) is 19.5 Å². The van der Waals surface area contributed by atoms with Crippen LogP contribution in [-0.4, -0.2) is 47.8 Å². The summed E-state index contributed by atoms with van der Waals surface area (Å²) in [6.07, 6.45) is 1.53. The molecule has 0 unspecified atom stereocenters. The Balaban J connectivity index is 3.86. The van der Waals surface area contributed by atoms with Crippen molar-refractivity contribution in [3.8, 4) is 0 Å². The van der Waals surface area contributed by atoms with Gasteiger partial charge >= 0.3 is 0 Å². The molecule has 0 amide bonds. The third kappa shape index (κ3) is 10.1. The fourth-order valence-corrected chi connectivity index (χ4v) is 3.98. The highest BCUT2D eigenvalue weighted by molar-refractivity contribution is 8.06. The Morgan fingerprint density at radius 3 is 2.13 bits per heavy atom. The van der Waals surface area contributed by atoms with Gasteiger partial charge < -0.3 is 5.32 Å². The number of hydrogen-bond donors (Lipinski definition) is 2. The minimum absolute atomic E-state index is 0.255. The largest absolute Gasteiger partial charge is 0.317 e. The molecule has 0 saturated heterocycles. The van der Waals surface area contributed by atoms with Gasteiger partial charge in [-0.1, -0.05) is 6.92 Å². The van der Waals surface area contributed by atoms with E-state index in [1.54, 1.807) is 0 Å². The van der Waals surface area contributed by atoms with Crippen LogP contribution in [-0.2, 0) is 19.9 Å². The molecule has 0 aliphatic heterocycles. The van der Waals surface area contributed by atoms with Gasteiger partial charge in [0.05, 0.1) is 0 Å². The van der Waals surface area contributed by atoms with Gasteiger partial charge in [-0.3, -0.25) is 0 Å². The molecule has 0 rings (SSSR count). The van der Waals surface area contributed by atoms with E-state index in [-0.39, 0.29) is 6.54 Å². The van der Waals surface area contributed by atoms with Gasteiger partial charge in [-0.15, -0.1) is 0 Å². The van der Waals surface area contributed by atoms with E-state index in [2.05, 4.69) is 10.0 Å². The van der Waals surface area contributed by atoms with Gasteiger partial charge in [0.1, 0.15) is 0 Å². The summed E-state index contributed by atoms with van der Waals surface area (Å²) in [7, 11) is -7.19. The second-order valence-corrected chi connectivity index (χ2v) is 7.57. The Kier molecular flexibility index (Phi) is 6.34. The minimum atomic E-state index is -3.69. The van der Waals surface area contributed by atoms with Crippen LogP contribution < -0.4 is 10.0 Å². The van der Waals surface area contributed by atoms with Crippen molar-refractivity contribution in [2.45, 2.75) is 13.3 Å². The van der Waals surface area contributed by atoms with E-state index in [4.69, 9.17) is 0 Å². The lowest BCUT2D eigenvalue weighted by Crippen LogP contribution is -2.31. The van der Waals surface area contributed by atoms with Crippen LogP contribution in [0.3, 0.4) is 0 Å². The van der Waals surface area contributed by atoms with Crippen molar-refractivity contribution in [3.05, 3.63) is 0 Å². The van der Waals surface area contributed by atoms with E-state index in [9.17, 15) is 16.8 Å². The zero-order valence-corrected chi connectivity index (χ0v) is 10.6. The van der Waals surface area contributed by atoms with E-state index in [0.717, 1.165) is 12.8 Å². The summed E-state index contributed by atoms with van der Waals surface area (Å²) in [4.78, 5) is 0. The van der Waals surface area contributed by atoms with Gasteiger partial charge in [-0.25, -0.2) is 21.6 Å². The summed E-state index contributed by atoms with van der Waals surface area (Å²) >= 11 is 0. The molecule has 0 bridgehead atoms. The highest BCUT2D eigenvalue weighted by atomic mass is 32.3. The molecule has 0 spiro atoms. The van der Waals surface area contributed by atoms with Gasteiger partial charge in [-0.2, -0.15) is 0 Å². The SMILES string of the molecule is CCNCCCNS(=O)(=O)CS(C)(=O)=O. The average molecular weight is 258 g/mol. The third-order valence-corrected chi connectivity index (χ3v) is 5.07. The molecular formula is C7H18N2O4S2. The maximum atomic E-state index is 11.2. The van der Waals surface area contributed by atoms with Crippen LogP contribution in [0.25, 0.3) is 0 Å². The molecule has 0 heterocycles. The Bertz CT molecular complexity index is 360. The first-order valence-electron chi connectivity index (χ1n) is 4.62. The molecule has 6 nitrogen and oxygen atoms in total. The van der Waals surface area contributed by atoms with Crippen molar-refractivity contribution in [3.63, 3.8) is 0 Å². The molecule has 0 aliphatic rings.